The Hall–Kier alpha value is -3.61. The van der Waals surface area contributed by atoms with Crippen molar-refractivity contribution in [2.45, 2.75) is 25.3 Å². The normalized spacial score (nSPS) is 27.8. The molecule has 148 valence electrons. The molecule has 0 spiro atoms. The lowest BCUT2D eigenvalue weighted by Gasteiger charge is -2.34. The number of carbonyl (C=O) groups is 2. The van der Waals surface area contributed by atoms with Crippen molar-refractivity contribution in [2.75, 3.05) is 13.6 Å². The lowest BCUT2D eigenvalue weighted by molar-refractivity contribution is -0.384. The van der Waals surface area contributed by atoms with Gasteiger partial charge in [0.25, 0.3) is 5.69 Å². The Morgan fingerprint density at radius 3 is 2.62 bits per heavy atom. The number of non-ortho nitro benzene ring substituents is 1. The first-order valence-electron chi connectivity index (χ1n) is 9.32. The molecule has 3 saturated heterocycles. The zero-order valence-corrected chi connectivity index (χ0v) is 15.7. The van der Waals surface area contributed by atoms with Gasteiger partial charge in [-0.05, 0) is 31.4 Å². The van der Waals surface area contributed by atoms with Crippen LogP contribution in [0, 0.1) is 33.3 Å². The van der Waals surface area contributed by atoms with Gasteiger partial charge in [-0.1, -0.05) is 0 Å². The van der Waals surface area contributed by atoms with Gasteiger partial charge >= 0.3 is 0 Å². The summed E-state index contributed by atoms with van der Waals surface area (Å²) in [5.74, 6) is -1.72. The topological polar surface area (TPSA) is 132 Å². The largest absolute Gasteiger partial charge is 0.368 e. The SMILES string of the molecule is CN1C(=O)[C@@H]2[C@H](C1=O)/C(=C(\C#N)N=Nc1ccc([N+](=O)[O-])cc1)N1CCCC[C@H]21. The van der Waals surface area contributed by atoms with Gasteiger partial charge in [-0.3, -0.25) is 24.6 Å². The number of imide groups is 1. The van der Waals surface area contributed by atoms with Gasteiger partial charge < -0.3 is 4.90 Å². The molecule has 3 aliphatic rings. The molecule has 3 heterocycles. The number of carbonyl (C=O) groups excluding carboxylic acids is 2. The minimum atomic E-state index is -0.707. The van der Waals surface area contributed by atoms with E-state index in [1.54, 1.807) is 0 Å². The van der Waals surface area contributed by atoms with Gasteiger partial charge in [-0.2, -0.15) is 5.26 Å². The molecule has 2 amide bonds. The first-order chi connectivity index (χ1) is 13.9. The standard InChI is InChI=1S/C19H18N6O4/c1-23-18(26)15-14-4-2-3-9-24(14)17(16(15)19(23)27)13(10-20)22-21-11-5-7-12(8-6-11)25(28)29/h5-8,14-16H,2-4,9H2,1H3/b17-13-,22-21?/t14-,15+,16+/m1/s1. The summed E-state index contributed by atoms with van der Waals surface area (Å²) >= 11 is 0. The molecule has 0 aromatic heterocycles. The molecule has 3 aliphatic heterocycles. The monoisotopic (exact) mass is 394 g/mol. The zero-order valence-electron chi connectivity index (χ0n) is 15.7. The van der Waals surface area contributed by atoms with Crippen molar-refractivity contribution in [3.63, 3.8) is 0 Å². The van der Waals surface area contributed by atoms with Crippen LogP contribution in [-0.4, -0.2) is 46.2 Å². The van der Waals surface area contributed by atoms with Gasteiger partial charge in [0.1, 0.15) is 6.07 Å². The Morgan fingerprint density at radius 2 is 1.97 bits per heavy atom. The Kier molecular flexibility index (Phi) is 4.58. The Morgan fingerprint density at radius 1 is 1.24 bits per heavy atom. The van der Waals surface area contributed by atoms with Gasteiger partial charge in [0.05, 0.1) is 28.1 Å². The van der Waals surface area contributed by atoms with Crippen LogP contribution >= 0.6 is 0 Å². The predicted molar refractivity (Wildman–Crippen MR) is 99.4 cm³/mol. The highest BCUT2D eigenvalue weighted by Gasteiger charge is 2.60. The van der Waals surface area contributed by atoms with Crippen LogP contribution in [0.4, 0.5) is 11.4 Å². The lowest BCUT2D eigenvalue weighted by Crippen LogP contribution is -2.41. The Bertz CT molecular complexity index is 993. The van der Waals surface area contributed by atoms with Crippen molar-refractivity contribution in [2.24, 2.45) is 22.1 Å². The smallest absolute Gasteiger partial charge is 0.269 e. The number of hydrogen-bond acceptors (Lipinski definition) is 8. The van der Waals surface area contributed by atoms with E-state index in [0.717, 1.165) is 24.2 Å². The number of azo groups is 1. The Labute approximate surface area is 166 Å². The summed E-state index contributed by atoms with van der Waals surface area (Å²) in [5, 5.41) is 28.6. The van der Waals surface area contributed by atoms with Crippen molar-refractivity contribution >= 4 is 23.2 Å². The van der Waals surface area contributed by atoms with E-state index >= 15 is 0 Å². The molecule has 4 rings (SSSR count). The molecule has 0 bridgehead atoms. The summed E-state index contributed by atoms with van der Waals surface area (Å²) in [5.41, 5.74) is 0.741. The first kappa shape index (κ1) is 18.7. The summed E-state index contributed by atoms with van der Waals surface area (Å²) in [7, 11) is 1.47. The quantitative estimate of drug-likeness (QED) is 0.254. The van der Waals surface area contributed by atoms with E-state index in [4.69, 9.17) is 0 Å². The summed E-state index contributed by atoms with van der Waals surface area (Å²) in [4.78, 5) is 38.7. The maximum Gasteiger partial charge on any atom is 0.269 e. The number of nitrogens with zero attached hydrogens (tertiary/aromatic N) is 6. The molecular formula is C19H18N6O4. The summed E-state index contributed by atoms with van der Waals surface area (Å²) in [6, 6.07) is 7.38. The number of nitro groups is 1. The fourth-order valence-corrected chi connectivity index (χ4v) is 4.48. The van der Waals surface area contributed by atoms with E-state index in [0.29, 0.717) is 17.9 Å². The molecule has 0 saturated carbocycles. The van der Waals surface area contributed by atoms with Gasteiger partial charge in [0, 0.05) is 31.8 Å². The third kappa shape index (κ3) is 2.95. The molecule has 10 heteroatoms. The van der Waals surface area contributed by atoms with E-state index in [1.165, 1.54) is 31.3 Å². The van der Waals surface area contributed by atoms with Crippen molar-refractivity contribution in [1.82, 2.24) is 9.80 Å². The van der Waals surface area contributed by atoms with Crippen LogP contribution in [0.5, 0.6) is 0 Å². The van der Waals surface area contributed by atoms with E-state index in [2.05, 4.69) is 10.2 Å². The van der Waals surface area contributed by atoms with Gasteiger partial charge in [0.2, 0.25) is 11.8 Å². The van der Waals surface area contributed by atoms with E-state index in [9.17, 15) is 25.0 Å². The highest BCUT2D eigenvalue weighted by Crippen LogP contribution is 2.48. The molecule has 0 radical (unpaired) electrons. The fraction of sp³-hybridized carbons (Fsp3) is 0.421. The molecule has 3 fully saturated rings. The number of nitro benzene ring substituents is 1. The van der Waals surface area contributed by atoms with E-state index in [-0.39, 0.29) is 29.2 Å². The minimum Gasteiger partial charge on any atom is -0.368 e. The summed E-state index contributed by atoms with van der Waals surface area (Å²) in [6.45, 7) is 0.662. The third-order valence-corrected chi connectivity index (χ3v) is 5.81. The number of likely N-dealkylation sites (tertiary alicyclic amines) is 1. The number of fused-ring (bicyclic) bond motifs is 3. The third-order valence-electron chi connectivity index (χ3n) is 5.81. The van der Waals surface area contributed by atoms with E-state index in [1.807, 2.05) is 11.0 Å². The second-order valence-corrected chi connectivity index (χ2v) is 7.31. The summed E-state index contributed by atoms with van der Waals surface area (Å²) in [6.07, 6.45) is 2.67. The van der Waals surface area contributed by atoms with E-state index < -0.39 is 16.8 Å². The number of rotatable bonds is 3. The number of piperidine rings is 1. The maximum atomic E-state index is 12.7. The van der Waals surface area contributed by atoms with Crippen molar-refractivity contribution in [3.8, 4) is 6.07 Å². The molecule has 0 N–H and O–H groups in total. The van der Waals surface area contributed by atoms with Crippen LogP contribution in [0.15, 0.2) is 45.9 Å². The van der Waals surface area contributed by atoms with Crippen LogP contribution in [-0.2, 0) is 9.59 Å². The molecular weight excluding hydrogens is 376 g/mol. The molecule has 1 aromatic carbocycles. The predicted octanol–water partition coefficient (Wildman–Crippen LogP) is 2.51. The number of amides is 2. The average molecular weight is 394 g/mol. The number of allylic oxidation sites excluding steroid dienone is 1. The van der Waals surface area contributed by atoms with Crippen molar-refractivity contribution < 1.29 is 14.5 Å². The lowest BCUT2D eigenvalue weighted by atomic mass is 9.88. The van der Waals surface area contributed by atoms with Crippen LogP contribution in [0.1, 0.15) is 19.3 Å². The number of hydrogen-bond donors (Lipinski definition) is 0. The summed E-state index contributed by atoms with van der Waals surface area (Å²) < 4.78 is 0. The maximum absolute atomic E-state index is 12.7. The van der Waals surface area contributed by atoms with Crippen molar-refractivity contribution in [3.05, 3.63) is 45.8 Å². The average Bonchev–Trinajstić information content (AvgIpc) is 3.18. The van der Waals surface area contributed by atoms with Crippen molar-refractivity contribution in [1.29, 1.82) is 5.26 Å². The molecule has 10 nitrogen and oxygen atoms in total. The minimum absolute atomic E-state index is 0.000738. The molecule has 3 atom stereocenters. The molecule has 29 heavy (non-hydrogen) atoms. The Balaban J connectivity index is 1.73. The highest BCUT2D eigenvalue weighted by atomic mass is 16.6. The molecule has 0 unspecified atom stereocenters. The zero-order chi connectivity index (χ0) is 20.7. The van der Waals surface area contributed by atoms with Crippen LogP contribution in [0.3, 0.4) is 0 Å². The second kappa shape index (κ2) is 7.09. The van der Waals surface area contributed by atoms with Crippen LogP contribution in [0.2, 0.25) is 0 Å². The second-order valence-electron chi connectivity index (χ2n) is 7.31. The first-order valence-corrected chi connectivity index (χ1v) is 9.32. The van der Waals surface area contributed by atoms with Gasteiger partial charge in [-0.15, -0.1) is 10.2 Å². The van der Waals surface area contributed by atoms with Gasteiger partial charge in [-0.25, -0.2) is 0 Å². The fourth-order valence-electron chi connectivity index (χ4n) is 4.48. The molecule has 0 aliphatic carbocycles. The molecule has 1 aromatic rings. The highest BCUT2D eigenvalue weighted by molar-refractivity contribution is 6.07. The number of nitriles is 1. The van der Waals surface area contributed by atoms with Crippen LogP contribution < -0.4 is 0 Å². The van der Waals surface area contributed by atoms with Gasteiger partial charge in [0.15, 0.2) is 5.70 Å². The number of benzene rings is 1. The van der Waals surface area contributed by atoms with Crippen LogP contribution in [0.25, 0.3) is 0 Å².